The van der Waals surface area contributed by atoms with Gasteiger partial charge >= 0.3 is 6.09 Å². The van der Waals surface area contributed by atoms with E-state index in [0.29, 0.717) is 24.1 Å². The maximum atomic E-state index is 14.0. The number of nitrogens with zero attached hydrogens (tertiary/aromatic N) is 1. The molecule has 36 heavy (non-hydrogen) atoms. The summed E-state index contributed by atoms with van der Waals surface area (Å²) in [5.74, 6) is -0.455. The molecule has 0 radical (unpaired) electrons. The lowest BCUT2D eigenvalue weighted by atomic mass is 9.89. The highest BCUT2D eigenvalue weighted by molar-refractivity contribution is 8.01. The highest BCUT2D eigenvalue weighted by Crippen LogP contribution is 2.40. The summed E-state index contributed by atoms with van der Waals surface area (Å²) in [6, 6.07) is -1.59. The number of amidine groups is 1. The molecule has 10 heteroatoms. The Labute approximate surface area is 219 Å². The molecular formula is C26H45N5O4S. The fourth-order valence-corrected chi connectivity index (χ4v) is 7.52. The summed E-state index contributed by atoms with van der Waals surface area (Å²) in [6.07, 6.45) is 10.1. The monoisotopic (exact) mass is 523 g/mol. The average Bonchev–Trinajstić information content (AvgIpc) is 3.51. The van der Waals surface area contributed by atoms with Gasteiger partial charge in [-0.3, -0.25) is 15.0 Å². The zero-order valence-electron chi connectivity index (χ0n) is 22.1. The Bertz CT molecular complexity index is 795. The fraction of sp³-hybridized carbons (Fsp3) is 0.846. The van der Waals surface area contributed by atoms with E-state index < -0.39 is 22.9 Å². The quantitative estimate of drug-likeness (QED) is 0.256. The number of amides is 3. The lowest BCUT2D eigenvalue weighted by Gasteiger charge is -2.38. The largest absolute Gasteiger partial charge is 0.450 e. The molecule has 1 saturated heterocycles. The molecule has 3 aliphatic rings. The summed E-state index contributed by atoms with van der Waals surface area (Å²) in [4.78, 5) is 41.4. The van der Waals surface area contributed by atoms with Crippen LogP contribution in [0.4, 0.5) is 4.79 Å². The Morgan fingerprint density at radius 3 is 2.36 bits per heavy atom. The number of carbonyl (C=O) groups excluding carboxylic acids is 3. The van der Waals surface area contributed by atoms with Crippen LogP contribution in [0.15, 0.2) is 0 Å². The van der Waals surface area contributed by atoms with Gasteiger partial charge in [-0.15, -0.1) is 11.8 Å². The molecule has 1 aliphatic heterocycles. The highest BCUT2D eigenvalue weighted by atomic mass is 32.2. The number of likely N-dealkylation sites (tertiary alicyclic amines) is 1. The molecule has 0 aromatic carbocycles. The molecule has 5 N–H and O–H groups in total. The van der Waals surface area contributed by atoms with E-state index in [1.807, 2.05) is 13.8 Å². The van der Waals surface area contributed by atoms with Crippen LogP contribution in [-0.4, -0.2) is 70.4 Å². The predicted molar refractivity (Wildman–Crippen MR) is 143 cm³/mol. The molecule has 0 spiro atoms. The smallest absolute Gasteiger partial charge is 0.407 e. The Hall–Kier alpha value is -1.97. The summed E-state index contributed by atoms with van der Waals surface area (Å²) in [6.45, 7) is 6.67. The summed E-state index contributed by atoms with van der Waals surface area (Å²) in [7, 11) is 0. The van der Waals surface area contributed by atoms with E-state index in [1.165, 1.54) is 37.0 Å². The minimum Gasteiger partial charge on any atom is -0.450 e. The van der Waals surface area contributed by atoms with Gasteiger partial charge in [0.15, 0.2) is 0 Å². The van der Waals surface area contributed by atoms with Crippen molar-refractivity contribution in [2.24, 2.45) is 17.6 Å². The van der Waals surface area contributed by atoms with Crippen molar-refractivity contribution in [2.75, 3.05) is 19.7 Å². The van der Waals surface area contributed by atoms with Crippen molar-refractivity contribution in [2.45, 2.75) is 107 Å². The standard InChI is InChI=1S/C26H45N5O4S/c1-4-35-25(34)30-21(26(2,3)36-19-12-8-9-13-19)24(33)31-16-18(22(27)28)14-20(31)23(32)29-15-17-10-6-5-7-11-17/h17-21H,4-16H2,1-3H3,(H3,27,28)(H,29,32)(H,30,34)/t18-,20+,21+/m1/s1. The molecule has 0 aromatic heterocycles. The molecular weight excluding hydrogens is 478 g/mol. The summed E-state index contributed by atoms with van der Waals surface area (Å²) >= 11 is 1.73. The second-order valence-electron chi connectivity index (χ2n) is 11.1. The van der Waals surface area contributed by atoms with Crippen molar-refractivity contribution in [3.05, 3.63) is 0 Å². The van der Waals surface area contributed by atoms with Gasteiger partial charge in [-0.1, -0.05) is 32.1 Å². The first kappa shape index (κ1) is 28.6. The average molecular weight is 524 g/mol. The van der Waals surface area contributed by atoms with E-state index >= 15 is 0 Å². The Kier molecular flexibility index (Phi) is 10.3. The number of rotatable bonds is 10. The first-order valence-corrected chi connectivity index (χ1v) is 14.5. The topological polar surface area (TPSA) is 138 Å². The molecule has 1 heterocycles. The zero-order chi connectivity index (χ0) is 26.3. The third-order valence-electron chi connectivity index (χ3n) is 7.87. The van der Waals surface area contributed by atoms with Crippen molar-refractivity contribution in [3.63, 3.8) is 0 Å². The number of ether oxygens (including phenoxy) is 1. The third-order valence-corrected chi connectivity index (χ3v) is 9.52. The van der Waals surface area contributed by atoms with E-state index in [9.17, 15) is 14.4 Å². The SMILES string of the molecule is CCOC(=O)N[C@@H](C(=O)N1C[C@H](C(=N)N)C[C@H]1C(=O)NCC1CCCCC1)C(C)(C)SC1CCCC1. The lowest BCUT2D eigenvalue weighted by molar-refractivity contribution is -0.140. The molecule has 3 rings (SSSR count). The van der Waals surface area contributed by atoms with Gasteiger partial charge in [0, 0.05) is 29.0 Å². The van der Waals surface area contributed by atoms with Crippen LogP contribution in [0, 0.1) is 17.2 Å². The molecule has 3 atom stereocenters. The minimum atomic E-state index is -0.874. The van der Waals surface area contributed by atoms with Crippen LogP contribution in [0.3, 0.4) is 0 Å². The number of nitrogens with one attached hydrogen (secondary N) is 3. The molecule has 2 aliphatic carbocycles. The number of hydrogen-bond acceptors (Lipinski definition) is 6. The Morgan fingerprint density at radius 1 is 1.11 bits per heavy atom. The maximum absolute atomic E-state index is 14.0. The van der Waals surface area contributed by atoms with Gasteiger partial charge in [0.25, 0.3) is 0 Å². The minimum absolute atomic E-state index is 0.0233. The van der Waals surface area contributed by atoms with E-state index in [1.54, 1.807) is 18.7 Å². The molecule has 0 unspecified atom stereocenters. The van der Waals surface area contributed by atoms with Crippen molar-refractivity contribution < 1.29 is 19.1 Å². The maximum Gasteiger partial charge on any atom is 0.407 e. The van der Waals surface area contributed by atoms with Gasteiger partial charge in [0.05, 0.1) is 12.4 Å². The van der Waals surface area contributed by atoms with Crippen LogP contribution < -0.4 is 16.4 Å². The van der Waals surface area contributed by atoms with Crippen LogP contribution in [-0.2, 0) is 14.3 Å². The number of hydrogen-bond donors (Lipinski definition) is 4. The normalized spacial score (nSPS) is 24.4. The number of alkyl carbamates (subject to hydrolysis) is 1. The molecule has 3 fully saturated rings. The van der Waals surface area contributed by atoms with Gasteiger partial charge in [-0.25, -0.2) is 4.79 Å². The molecule has 204 valence electrons. The lowest BCUT2D eigenvalue weighted by Crippen LogP contribution is -2.60. The highest BCUT2D eigenvalue weighted by Gasteiger charge is 2.47. The Morgan fingerprint density at radius 2 is 1.75 bits per heavy atom. The van der Waals surface area contributed by atoms with E-state index in [-0.39, 0.29) is 36.7 Å². The van der Waals surface area contributed by atoms with Crippen LogP contribution in [0.2, 0.25) is 0 Å². The van der Waals surface area contributed by atoms with Gasteiger partial charge in [-0.05, 0) is 58.8 Å². The van der Waals surface area contributed by atoms with E-state index in [0.717, 1.165) is 25.7 Å². The van der Waals surface area contributed by atoms with Crippen LogP contribution >= 0.6 is 11.8 Å². The fourth-order valence-electron chi connectivity index (χ4n) is 5.80. The first-order valence-electron chi connectivity index (χ1n) is 13.7. The van der Waals surface area contributed by atoms with Crippen molar-refractivity contribution >= 4 is 35.5 Å². The molecule has 9 nitrogen and oxygen atoms in total. The van der Waals surface area contributed by atoms with Gasteiger partial charge < -0.3 is 26.0 Å². The van der Waals surface area contributed by atoms with Gasteiger partial charge in [0.2, 0.25) is 11.8 Å². The summed E-state index contributed by atoms with van der Waals surface area (Å²) in [5.41, 5.74) is 5.82. The number of carbonyl (C=O) groups is 3. The first-order chi connectivity index (χ1) is 17.1. The third kappa shape index (κ3) is 7.52. The second-order valence-corrected chi connectivity index (χ2v) is 13.0. The second kappa shape index (κ2) is 13.0. The van der Waals surface area contributed by atoms with Crippen LogP contribution in [0.25, 0.3) is 0 Å². The summed E-state index contributed by atoms with van der Waals surface area (Å²) in [5, 5.41) is 14.3. The van der Waals surface area contributed by atoms with Gasteiger partial charge in [0.1, 0.15) is 12.1 Å². The van der Waals surface area contributed by atoms with E-state index in [2.05, 4.69) is 10.6 Å². The van der Waals surface area contributed by atoms with Crippen LogP contribution in [0.1, 0.15) is 85.0 Å². The number of thioether (sulfide) groups is 1. The molecule has 3 amide bonds. The zero-order valence-corrected chi connectivity index (χ0v) is 23.0. The molecule has 2 saturated carbocycles. The molecule has 0 bridgehead atoms. The van der Waals surface area contributed by atoms with E-state index in [4.69, 9.17) is 15.9 Å². The number of nitrogens with two attached hydrogens (primary N) is 1. The van der Waals surface area contributed by atoms with Crippen molar-refractivity contribution in [1.82, 2.24) is 15.5 Å². The summed E-state index contributed by atoms with van der Waals surface area (Å²) < 4.78 is 4.51. The van der Waals surface area contributed by atoms with Crippen LogP contribution in [0.5, 0.6) is 0 Å². The van der Waals surface area contributed by atoms with Crippen molar-refractivity contribution in [1.29, 1.82) is 5.41 Å². The predicted octanol–water partition coefficient (Wildman–Crippen LogP) is 3.41. The van der Waals surface area contributed by atoms with Crippen molar-refractivity contribution in [3.8, 4) is 0 Å². The van der Waals surface area contributed by atoms with Gasteiger partial charge in [-0.2, -0.15) is 0 Å². The molecule has 0 aromatic rings. The Balaban J connectivity index is 1.78.